The van der Waals surface area contributed by atoms with E-state index < -0.39 is 57.3 Å². The van der Waals surface area contributed by atoms with E-state index in [9.17, 15) is 54.8 Å². The van der Waals surface area contributed by atoms with Crippen molar-refractivity contribution in [3.8, 4) is 0 Å². The fourth-order valence-corrected chi connectivity index (χ4v) is 3.81. The number of carbonyl (C=O) groups excluding carboxylic acids is 2. The van der Waals surface area contributed by atoms with Gasteiger partial charge in [0.15, 0.2) is 11.6 Å². The summed E-state index contributed by atoms with van der Waals surface area (Å²) in [6.07, 6.45) is -6.83. The number of nitro benzene ring substituents is 1. The zero-order valence-electron chi connectivity index (χ0n) is 19.5. The summed E-state index contributed by atoms with van der Waals surface area (Å²) in [6, 6.07) is 2.49. The van der Waals surface area contributed by atoms with E-state index in [0.717, 1.165) is 18.2 Å². The molecule has 0 aliphatic heterocycles. The first-order valence-corrected chi connectivity index (χ1v) is 11.3. The molecule has 1 N–H and O–H groups in total. The molecule has 0 fully saturated rings. The summed E-state index contributed by atoms with van der Waals surface area (Å²) in [5.41, 5.74) is -3.24. The number of aromatic nitrogens is 5. The van der Waals surface area contributed by atoms with E-state index >= 15 is 0 Å². The lowest BCUT2D eigenvalue weighted by Gasteiger charge is -2.28. The maximum atomic E-state index is 14.4. The van der Waals surface area contributed by atoms with E-state index in [0.29, 0.717) is 11.8 Å². The number of nitrogens with zero attached hydrogens (tertiary/aromatic N) is 6. The number of aryl methyl sites for hydroxylation is 1. The van der Waals surface area contributed by atoms with Gasteiger partial charge in [-0.1, -0.05) is 0 Å². The Kier molecular flexibility index (Phi) is 8.41. The summed E-state index contributed by atoms with van der Waals surface area (Å²) < 4.78 is 107. The molecule has 11 nitrogen and oxygen atoms in total. The van der Waals surface area contributed by atoms with Crippen LogP contribution in [0.5, 0.6) is 0 Å². The van der Waals surface area contributed by atoms with E-state index in [-0.39, 0.29) is 41.1 Å². The number of carbonyl (C=O) groups is 2. The van der Waals surface area contributed by atoms with Gasteiger partial charge < -0.3 is 5.32 Å². The molecule has 0 unspecified atom stereocenters. The van der Waals surface area contributed by atoms with Crippen LogP contribution in [-0.2, 0) is 17.3 Å². The third-order valence-corrected chi connectivity index (χ3v) is 6.03. The van der Waals surface area contributed by atoms with Crippen LogP contribution in [0.2, 0.25) is 0 Å². The number of non-ortho nitro benzene ring substituents is 1. The molecule has 40 heavy (non-hydrogen) atoms. The number of nitrogens with one attached hydrogen (secondary N) is 1. The second kappa shape index (κ2) is 11.1. The molecule has 0 saturated heterocycles. The van der Waals surface area contributed by atoms with Gasteiger partial charge in [0, 0.05) is 35.2 Å². The molecule has 1 amide bonds. The molecule has 0 atom stereocenters. The Morgan fingerprint density at radius 3 is 2.38 bits per heavy atom. The number of anilines is 1. The lowest BCUT2D eigenvalue weighted by Crippen LogP contribution is -2.50. The summed E-state index contributed by atoms with van der Waals surface area (Å²) in [5.74, 6) is -17.1. The number of rotatable bonds is 10. The van der Waals surface area contributed by atoms with Crippen LogP contribution in [0.3, 0.4) is 0 Å². The van der Waals surface area contributed by atoms with Crippen LogP contribution in [0.1, 0.15) is 29.3 Å². The maximum Gasteiger partial charge on any atom is 0.460 e. The van der Waals surface area contributed by atoms with Crippen LogP contribution in [0, 0.1) is 15.9 Å². The molecular formula is C20H13F8N7O4S. The lowest BCUT2D eigenvalue weighted by atomic mass is 10.0. The largest absolute Gasteiger partial charge is 0.460 e. The van der Waals surface area contributed by atoms with Crippen LogP contribution < -0.4 is 5.32 Å². The summed E-state index contributed by atoms with van der Waals surface area (Å²) >= 11 is 0.702. The second-order valence-corrected chi connectivity index (χ2v) is 8.84. The number of hydrogen-bond acceptors (Lipinski definition) is 9. The average molecular weight is 599 g/mol. The van der Waals surface area contributed by atoms with Gasteiger partial charge >= 0.3 is 18.0 Å². The highest BCUT2D eigenvalue weighted by Gasteiger charge is 2.73. The van der Waals surface area contributed by atoms with Crippen molar-refractivity contribution >= 4 is 35.0 Å². The summed E-state index contributed by atoms with van der Waals surface area (Å²) in [4.78, 5) is 37.5. The van der Waals surface area contributed by atoms with Gasteiger partial charge in [-0.15, -0.1) is 5.10 Å². The standard InChI is InChI=1S/C20H13F8N7O4S/c1-9(36)4-5-34-17(31-32-33-34)40-14-3-2-11(35(38)39)7-12(14)16(37)30-15-13(21)6-10(8-29-15)18(22,23)19(24,25)20(26,27)28/h2-3,6-8H,4-5H2,1H3,(H,29,30,37). The fourth-order valence-electron chi connectivity index (χ4n) is 2.91. The van der Waals surface area contributed by atoms with Crippen molar-refractivity contribution in [3.05, 3.63) is 57.5 Å². The van der Waals surface area contributed by atoms with Crippen molar-refractivity contribution in [2.75, 3.05) is 5.32 Å². The number of halogens is 8. The second-order valence-electron chi connectivity index (χ2n) is 7.83. The minimum atomic E-state index is -6.68. The van der Waals surface area contributed by atoms with Gasteiger partial charge in [-0.2, -0.15) is 30.7 Å². The van der Waals surface area contributed by atoms with Crippen molar-refractivity contribution in [2.45, 2.75) is 48.0 Å². The molecule has 3 rings (SSSR count). The highest BCUT2D eigenvalue weighted by molar-refractivity contribution is 7.99. The number of alkyl halides is 7. The molecule has 0 spiro atoms. The van der Waals surface area contributed by atoms with Gasteiger partial charge in [0.05, 0.1) is 17.0 Å². The number of tetrazole rings is 1. The molecule has 0 saturated carbocycles. The van der Waals surface area contributed by atoms with Crippen molar-refractivity contribution in [3.63, 3.8) is 0 Å². The quantitative estimate of drug-likeness (QED) is 0.198. The predicted molar refractivity (Wildman–Crippen MR) is 117 cm³/mol. The van der Waals surface area contributed by atoms with Crippen molar-refractivity contribution < 1.29 is 49.6 Å². The van der Waals surface area contributed by atoms with Crippen LogP contribution in [0.15, 0.2) is 40.5 Å². The smallest absolute Gasteiger partial charge is 0.304 e. The molecule has 3 aromatic rings. The molecular weight excluding hydrogens is 586 g/mol. The topological polar surface area (TPSA) is 146 Å². The monoisotopic (exact) mass is 599 g/mol. The Hall–Kier alpha value is -4.23. The number of pyridine rings is 1. The van der Waals surface area contributed by atoms with Crippen molar-refractivity contribution in [2.24, 2.45) is 0 Å². The Morgan fingerprint density at radius 1 is 1.12 bits per heavy atom. The number of benzene rings is 1. The minimum absolute atomic E-state index is 0.0330. The van der Waals surface area contributed by atoms with Gasteiger partial charge in [0.1, 0.15) is 5.78 Å². The number of Topliss-reactive ketones (excluding diaryl/α,β-unsaturated/α-hetero) is 1. The highest BCUT2D eigenvalue weighted by atomic mass is 32.2. The molecule has 20 heteroatoms. The van der Waals surface area contributed by atoms with E-state index in [1.54, 1.807) is 5.32 Å². The Balaban J connectivity index is 1.93. The summed E-state index contributed by atoms with van der Waals surface area (Å²) in [7, 11) is 0. The van der Waals surface area contributed by atoms with Gasteiger partial charge in [-0.25, -0.2) is 14.1 Å². The first kappa shape index (κ1) is 30.3. The van der Waals surface area contributed by atoms with E-state index in [1.165, 1.54) is 11.6 Å². The summed E-state index contributed by atoms with van der Waals surface area (Å²) in [5, 5.41) is 23.9. The Bertz CT molecular complexity index is 1460. The van der Waals surface area contributed by atoms with Gasteiger partial charge in [-0.3, -0.25) is 19.7 Å². The average Bonchev–Trinajstić information content (AvgIpc) is 3.29. The molecule has 2 aromatic heterocycles. The molecule has 1 aromatic carbocycles. The Morgan fingerprint density at radius 2 is 1.80 bits per heavy atom. The van der Waals surface area contributed by atoms with Crippen LogP contribution >= 0.6 is 11.8 Å². The Labute approximate surface area is 221 Å². The molecule has 2 heterocycles. The molecule has 0 bridgehead atoms. The van der Waals surface area contributed by atoms with Crippen molar-refractivity contribution in [1.29, 1.82) is 0 Å². The maximum absolute atomic E-state index is 14.4. The summed E-state index contributed by atoms with van der Waals surface area (Å²) in [6.45, 7) is 1.36. The van der Waals surface area contributed by atoms with Crippen molar-refractivity contribution in [1.82, 2.24) is 25.2 Å². The first-order chi connectivity index (χ1) is 18.5. The van der Waals surface area contributed by atoms with E-state index in [4.69, 9.17) is 0 Å². The molecule has 214 valence electrons. The first-order valence-electron chi connectivity index (χ1n) is 10.5. The van der Waals surface area contributed by atoms with Gasteiger partial charge in [-0.05, 0) is 41.2 Å². The number of hydrogen-bond donors (Lipinski definition) is 1. The van der Waals surface area contributed by atoms with Crippen LogP contribution in [0.4, 0.5) is 46.6 Å². The van der Waals surface area contributed by atoms with Gasteiger partial charge in [0.2, 0.25) is 5.16 Å². The molecule has 0 aliphatic carbocycles. The zero-order chi connectivity index (χ0) is 30.0. The normalized spacial score (nSPS) is 12.3. The van der Waals surface area contributed by atoms with E-state index in [2.05, 4.69) is 20.5 Å². The molecule has 0 aliphatic rings. The van der Waals surface area contributed by atoms with Crippen LogP contribution in [-0.4, -0.2) is 53.9 Å². The number of nitro groups is 1. The van der Waals surface area contributed by atoms with Gasteiger partial charge in [0.25, 0.3) is 11.6 Å². The fraction of sp³-hybridized carbons (Fsp3) is 0.300. The van der Waals surface area contributed by atoms with E-state index in [1.807, 2.05) is 0 Å². The number of ketones is 1. The minimum Gasteiger partial charge on any atom is -0.304 e. The zero-order valence-corrected chi connectivity index (χ0v) is 20.4. The predicted octanol–water partition coefficient (Wildman–Crippen LogP) is 4.79. The third-order valence-electron chi connectivity index (χ3n) is 4.98. The number of amides is 1. The third kappa shape index (κ3) is 6.15. The molecule has 0 radical (unpaired) electrons. The SMILES string of the molecule is CC(=O)CCn1nnnc1Sc1ccc([N+](=O)[O-])cc1C(=O)Nc1ncc(C(F)(F)C(F)(F)C(F)(F)F)cc1F. The highest BCUT2D eigenvalue weighted by Crippen LogP contribution is 2.51. The lowest BCUT2D eigenvalue weighted by molar-refractivity contribution is -0.384. The van der Waals surface area contributed by atoms with Crippen LogP contribution in [0.25, 0.3) is 0 Å².